The van der Waals surface area contributed by atoms with Crippen LogP contribution in [-0.2, 0) is 0 Å². The zero-order chi connectivity index (χ0) is 15.1. The van der Waals surface area contributed by atoms with Gasteiger partial charge in [0.05, 0.1) is 16.5 Å². The predicted molar refractivity (Wildman–Crippen MR) is 88.9 cm³/mol. The Balaban J connectivity index is 2.14. The van der Waals surface area contributed by atoms with E-state index < -0.39 is 0 Å². The SMILES string of the molecule is C[C@@H](c1ccc(Cl)cc1)n1cc2cc(Cl)cc(Cl)c2c1O. The Morgan fingerprint density at radius 1 is 1.00 bits per heavy atom. The van der Waals surface area contributed by atoms with Crippen LogP contribution in [0.25, 0.3) is 10.8 Å². The summed E-state index contributed by atoms with van der Waals surface area (Å²) in [5.41, 5.74) is 1.04. The van der Waals surface area contributed by atoms with Crippen molar-refractivity contribution in [3.05, 3.63) is 63.2 Å². The molecule has 0 amide bonds. The first kappa shape index (κ1) is 14.6. The van der Waals surface area contributed by atoms with E-state index in [-0.39, 0.29) is 11.9 Å². The maximum atomic E-state index is 10.5. The molecule has 3 aromatic rings. The van der Waals surface area contributed by atoms with E-state index in [1.807, 2.05) is 37.4 Å². The lowest BCUT2D eigenvalue weighted by Gasteiger charge is -2.15. The number of hydrogen-bond acceptors (Lipinski definition) is 1. The average Bonchev–Trinajstić information content (AvgIpc) is 2.76. The Bertz CT molecular complexity index is 808. The summed E-state index contributed by atoms with van der Waals surface area (Å²) in [5, 5.41) is 13.6. The van der Waals surface area contributed by atoms with Crippen LogP contribution in [0.1, 0.15) is 18.5 Å². The molecule has 0 radical (unpaired) electrons. The van der Waals surface area contributed by atoms with E-state index in [0.717, 1.165) is 10.9 Å². The fraction of sp³-hybridized carbons (Fsp3) is 0.125. The molecule has 1 heterocycles. The summed E-state index contributed by atoms with van der Waals surface area (Å²) >= 11 is 18.1. The highest BCUT2D eigenvalue weighted by Crippen LogP contribution is 2.38. The highest BCUT2D eigenvalue weighted by molar-refractivity contribution is 6.39. The van der Waals surface area contributed by atoms with Crippen molar-refractivity contribution in [2.45, 2.75) is 13.0 Å². The number of halogens is 3. The van der Waals surface area contributed by atoms with Gasteiger partial charge in [0.2, 0.25) is 5.88 Å². The van der Waals surface area contributed by atoms with Gasteiger partial charge in [-0.05, 0) is 36.8 Å². The number of aromatic nitrogens is 1. The molecule has 0 aliphatic carbocycles. The molecular formula is C16H12Cl3NO. The van der Waals surface area contributed by atoms with Crippen LogP contribution >= 0.6 is 34.8 Å². The minimum atomic E-state index is -0.0514. The molecule has 1 N–H and O–H groups in total. The van der Waals surface area contributed by atoms with Gasteiger partial charge >= 0.3 is 0 Å². The first-order valence-electron chi connectivity index (χ1n) is 6.41. The molecule has 0 unspecified atom stereocenters. The summed E-state index contributed by atoms with van der Waals surface area (Å²) in [4.78, 5) is 0. The van der Waals surface area contributed by atoms with E-state index in [4.69, 9.17) is 34.8 Å². The van der Waals surface area contributed by atoms with E-state index in [0.29, 0.717) is 20.5 Å². The molecule has 2 aromatic carbocycles. The van der Waals surface area contributed by atoms with Crippen molar-refractivity contribution in [2.24, 2.45) is 0 Å². The van der Waals surface area contributed by atoms with Gasteiger partial charge in [-0.1, -0.05) is 46.9 Å². The Labute approximate surface area is 137 Å². The summed E-state index contributed by atoms with van der Waals surface area (Å²) in [5.74, 6) is 0.133. The van der Waals surface area contributed by atoms with Gasteiger partial charge in [-0.3, -0.25) is 0 Å². The molecule has 0 spiro atoms. The summed E-state index contributed by atoms with van der Waals surface area (Å²) in [6, 6.07) is 10.9. The van der Waals surface area contributed by atoms with Crippen LogP contribution in [0, 0.1) is 0 Å². The van der Waals surface area contributed by atoms with Gasteiger partial charge < -0.3 is 9.67 Å². The van der Waals surface area contributed by atoms with Gasteiger partial charge in [-0.25, -0.2) is 0 Å². The minimum Gasteiger partial charge on any atom is -0.494 e. The number of benzene rings is 2. The van der Waals surface area contributed by atoms with Gasteiger partial charge in [-0.15, -0.1) is 0 Å². The lowest BCUT2D eigenvalue weighted by Crippen LogP contribution is -2.04. The molecule has 1 atom stereocenters. The van der Waals surface area contributed by atoms with Crippen LogP contribution in [-0.4, -0.2) is 9.67 Å². The van der Waals surface area contributed by atoms with Gasteiger partial charge in [0.25, 0.3) is 0 Å². The lowest BCUT2D eigenvalue weighted by atomic mass is 10.1. The second-order valence-corrected chi connectivity index (χ2v) is 6.22. The molecule has 0 aliphatic heterocycles. The fourth-order valence-corrected chi connectivity index (χ4v) is 3.19. The van der Waals surface area contributed by atoms with E-state index in [9.17, 15) is 5.11 Å². The van der Waals surface area contributed by atoms with Crippen LogP contribution < -0.4 is 0 Å². The van der Waals surface area contributed by atoms with Crippen molar-refractivity contribution in [1.82, 2.24) is 4.57 Å². The van der Waals surface area contributed by atoms with E-state index in [2.05, 4.69) is 0 Å². The van der Waals surface area contributed by atoms with Crippen LogP contribution in [0.15, 0.2) is 42.6 Å². The van der Waals surface area contributed by atoms with Crippen molar-refractivity contribution in [1.29, 1.82) is 0 Å². The molecule has 2 nitrogen and oxygen atoms in total. The molecule has 21 heavy (non-hydrogen) atoms. The second-order valence-electron chi connectivity index (χ2n) is 4.94. The summed E-state index contributed by atoms with van der Waals surface area (Å²) in [7, 11) is 0. The van der Waals surface area contributed by atoms with Crippen molar-refractivity contribution in [3.8, 4) is 5.88 Å². The molecule has 108 valence electrons. The Hall–Kier alpha value is -1.35. The predicted octanol–water partition coefficient (Wildman–Crippen LogP) is 5.92. The Kier molecular flexibility index (Phi) is 3.78. The molecule has 0 fully saturated rings. The van der Waals surface area contributed by atoms with Gasteiger partial charge in [-0.2, -0.15) is 0 Å². The monoisotopic (exact) mass is 339 g/mol. The average molecular weight is 341 g/mol. The van der Waals surface area contributed by atoms with Crippen LogP contribution in [0.4, 0.5) is 0 Å². The third-order valence-electron chi connectivity index (χ3n) is 3.60. The summed E-state index contributed by atoms with van der Waals surface area (Å²) in [6.45, 7) is 2.00. The van der Waals surface area contributed by atoms with Crippen LogP contribution in [0.2, 0.25) is 15.1 Å². The molecule has 0 bridgehead atoms. The zero-order valence-corrected chi connectivity index (χ0v) is 13.4. The van der Waals surface area contributed by atoms with Crippen molar-refractivity contribution >= 4 is 45.6 Å². The molecule has 5 heteroatoms. The number of aromatic hydroxyl groups is 1. The summed E-state index contributed by atoms with van der Waals surface area (Å²) < 4.78 is 1.77. The first-order chi connectivity index (χ1) is 9.97. The van der Waals surface area contributed by atoms with Crippen molar-refractivity contribution in [2.75, 3.05) is 0 Å². The maximum absolute atomic E-state index is 10.5. The molecule has 0 aliphatic rings. The third-order valence-corrected chi connectivity index (χ3v) is 4.37. The first-order valence-corrected chi connectivity index (χ1v) is 7.55. The highest BCUT2D eigenvalue weighted by atomic mass is 35.5. The molecule has 0 saturated heterocycles. The van der Waals surface area contributed by atoms with E-state index in [1.165, 1.54) is 0 Å². The molecule has 1 aromatic heterocycles. The smallest absolute Gasteiger partial charge is 0.201 e. The Morgan fingerprint density at radius 3 is 2.33 bits per heavy atom. The van der Waals surface area contributed by atoms with Gasteiger partial charge in [0.15, 0.2) is 0 Å². The molecule has 0 saturated carbocycles. The van der Waals surface area contributed by atoms with Crippen LogP contribution in [0.5, 0.6) is 5.88 Å². The third kappa shape index (κ3) is 2.59. The minimum absolute atomic E-state index is 0.0514. The standard InChI is InChI=1S/C16H12Cl3NO/c1-9(10-2-4-12(17)5-3-10)20-8-11-6-13(18)7-14(19)15(11)16(20)21/h2-9,21H,1H3/t9-/m0/s1. The number of hydrogen-bond donors (Lipinski definition) is 1. The second kappa shape index (κ2) is 5.45. The van der Waals surface area contributed by atoms with Crippen molar-refractivity contribution < 1.29 is 5.11 Å². The molecule has 3 rings (SSSR count). The topological polar surface area (TPSA) is 25.2 Å². The highest BCUT2D eigenvalue weighted by Gasteiger charge is 2.17. The van der Waals surface area contributed by atoms with Gasteiger partial charge in [0, 0.05) is 21.6 Å². The Morgan fingerprint density at radius 2 is 1.67 bits per heavy atom. The number of fused-ring (bicyclic) bond motifs is 1. The normalized spacial score (nSPS) is 12.8. The van der Waals surface area contributed by atoms with Crippen molar-refractivity contribution in [3.63, 3.8) is 0 Å². The van der Waals surface area contributed by atoms with E-state index >= 15 is 0 Å². The zero-order valence-electron chi connectivity index (χ0n) is 11.1. The maximum Gasteiger partial charge on any atom is 0.201 e. The number of rotatable bonds is 2. The quantitative estimate of drug-likeness (QED) is 0.615. The lowest BCUT2D eigenvalue weighted by molar-refractivity contribution is 0.412. The number of nitrogens with zero attached hydrogens (tertiary/aromatic N) is 1. The largest absolute Gasteiger partial charge is 0.494 e. The fourth-order valence-electron chi connectivity index (χ4n) is 2.47. The summed E-state index contributed by atoms with van der Waals surface area (Å²) in [6.07, 6.45) is 1.85. The van der Waals surface area contributed by atoms with Crippen LogP contribution in [0.3, 0.4) is 0 Å². The van der Waals surface area contributed by atoms with Gasteiger partial charge in [0.1, 0.15) is 0 Å². The van der Waals surface area contributed by atoms with E-state index in [1.54, 1.807) is 16.7 Å². The molecular weight excluding hydrogens is 329 g/mol.